The molecule has 0 amide bonds. The van der Waals surface area contributed by atoms with Crippen molar-refractivity contribution in [2.24, 2.45) is 0 Å². The highest BCUT2D eigenvalue weighted by atomic mass is 16.5. The molecule has 146 valence electrons. The summed E-state index contributed by atoms with van der Waals surface area (Å²) in [4.78, 5) is 17.5. The molecule has 0 atom stereocenters. The first-order chi connectivity index (χ1) is 13.7. The maximum atomic E-state index is 12.8. The molecule has 0 spiro atoms. The summed E-state index contributed by atoms with van der Waals surface area (Å²) in [6, 6.07) is 15.9. The molecule has 0 aliphatic carbocycles. The highest BCUT2D eigenvalue weighted by Crippen LogP contribution is 2.20. The lowest BCUT2D eigenvalue weighted by molar-refractivity contribution is 0.216. The Kier molecular flexibility index (Phi) is 5.30. The summed E-state index contributed by atoms with van der Waals surface area (Å²) >= 11 is 0. The first-order valence-corrected chi connectivity index (χ1v) is 9.73. The molecule has 1 aliphatic heterocycles. The zero-order chi connectivity index (χ0) is 19.5. The SMILES string of the molecule is COc1ccc(N2CCCN(Cn3nc(C)c4ccccc4c3=O)CC2)cc1. The van der Waals surface area contributed by atoms with E-state index in [1.165, 1.54) is 5.69 Å². The molecular weight excluding hydrogens is 352 g/mol. The highest BCUT2D eigenvalue weighted by Gasteiger charge is 2.17. The predicted octanol–water partition coefficient (Wildman–Crippen LogP) is 2.88. The van der Waals surface area contributed by atoms with E-state index in [-0.39, 0.29) is 5.56 Å². The van der Waals surface area contributed by atoms with E-state index in [9.17, 15) is 4.79 Å². The number of aromatic nitrogens is 2. The molecule has 0 bridgehead atoms. The van der Waals surface area contributed by atoms with Crippen LogP contribution in [0.15, 0.2) is 53.3 Å². The van der Waals surface area contributed by atoms with E-state index in [4.69, 9.17) is 4.74 Å². The molecule has 1 aliphatic rings. The summed E-state index contributed by atoms with van der Waals surface area (Å²) in [7, 11) is 1.68. The van der Waals surface area contributed by atoms with Gasteiger partial charge in [0.25, 0.3) is 5.56 Å². The van der Waals surface area contributed by atoms with Crippen LogP contribution < -0.4 is 15.2 Å². The molecular formula is C22H26N4O2. The Labute approximate surface area is 164 Å². The number of ether oxygens (including phenoxy) is 1. The van der Waals surface area contributed by atoms with E-state index in [0.29, 0.717) is 6.67 Å². The quantitative estimate of drug-likeness (QED) is 0.699. The molecule has 6 heteroatoms. The first-order valence-electron chi connectivity index (χ1n) is 9.73. The Hall–Kier alpha value is -2.86. The Balaban J connectivity index is 1.48. The molecule has 0 unspecified atom stereocenters. The van der Waals surface area contributed by atoms with E-state index in [2.05, 4.69) is 27.0 Å². The minimum Gasteiger partial charge on any atom is -0.497 e. The van der Waals surface area contributed by atoms with Crippen LogP contribution in [0.4, 0.5) is 5.69 Å². The zero-order valence-electron chi connectivity index (χ0n) is 16.5. The number of aryl methyl sites for hydroxylation is 1. The van der Waals surface area contributed by atoms with E-state index in [1.54, 1.807) is 11.8 Å². The second kappa shape index (κ2) is 8.02. The minimum absolute atomic E-state index is 0.0162. The van der Waals surface area contributed by atoms with Crippen molar-refractivity contribution in [2.45, 2.75) is 20.0 Å². The van der Waals surface area contributed by atoms with Crippen LogP contribution in [0.2, 0.25) is 0 Å². The third-order valence-corrected chi connectivity index (χ3v) is 5.41. The molecule has 1 fully saturated rings. The van der Waals surface area contributed by atoms with Gasteiger partial charge in [0.15, 0.2) is 0 Å². The average Bonchev–Trinajstić information content (AvgIpc) is 2.97. The van der Waals surface area contributed by atoms with Crippen molar-refractivity contribution < 1.29 is 4.74 Å². The monoisotopic (exact) mass is 378 g/mol. The van der Waals surface area contributed by atoms with Gasteiger partial charge in [0.1, 0.15) is 5.75 Å². The van der Waals surface area contributed by atoms with Crippen molar-refractivity contribution >= 4 is 16.5 Å². The molecule has 0 N–H and O–H groups in total. The summed E-state index contributed by atoms with van der Waals surface area (Å²) in [6.45, 7) is 6.27. The summed E-state index contributed by atoms with van der Waals surface area (Å²) < 4.78 is 6.86. The molecule has 3 aromatic rings. The third kappa shape index (κ3) is 3.73. The molecule has 1 saturated heterocycles. The molecule has 0 radical (unpaired) electrons. The van der Waals surface area contributed by atoms with Crippen LogP contribution >= 0.6 is 0 Å². The summed E-state index contributed by atoms with van der Waals surface area (Å²) in [5, 5.41) is 6.23. The van der Waals surface area contributed by atoms with Crippen LogP contribution in [0, 0.1) is 6.92 Å². The van der Waals surface area contributed by atoms with Crippen LogP contribution in [0.5, 0.6) is 5.75 Å². The largest absolute Gasteiger partial charge is 0.497 e. The fraction of sp³-hybridized carbons (Fsp3) is 0.364. The minimum atomic E-state index is -0.0162. The lowest BCUT2D eigenvalue weighted by Gasteiger charge is -2.24. The number of anilines is 1. The number of fused-ring (bicyclic) bond motifs is 1. The van der Waals surface area contributed by atoms with Gasteiger partial charge in [0, 0.05) is 37.3 Å². The van der Waals surface area contributed by atoms with Gasteiger partial charge in [0.2, 0.25) is 0 Å². The Bertz CT molecular complexity index is 1010. The van der Waals surface area contributed by atoms with Crippen molar-refractivity contribution in [3.05, 3.63) is 64.6 Å². The van der Waals surface area contributed by atoms with Crippen molar-refractivity contribution in [1.82, 2.24) is 14.7 Å². The van der Waals surface area contributed by atoms with Crippen LogP contribution in [0.25, 0.3) is 10.8 Å². The van der Waals surface area contributed by atoms with Crippen molar-refractivity contribution in [3.8, 4) is 5.75 Å². The van der Waals surface area contributed by atoms with Crippen molar-refractivity contribution in [2.75, 3.05) is 38.2 Å². The smallest absolute Gasteiger partial charge is 0.275 e. The topological polar surface area (TPSA) is 50.6 Å². The van der Waals surface area contributed by atoms with E-state index >= 15 is 0 Å². The van der Waals surface area contributed by atoms with Crippen molar-refractivity contribution in [3.63, 3.8) is 0 Å². The normalized spacial score (nSPS) is 15.6. The molecule has 1 aromatic heterocycles. The average molecular weight is 378 g/mol. The van der Waals surface area contributed by atoms with Gasteiger partial charge in [-0.1, -0.05) is 18.2 Å². The van der Waals surface area contributed by atoms with Crippen LogP contribution in [0.3, 0.4) is 0 Å². The summed E-state index contributed by atoms with van der Waals surface area (Å²) in [6.07, 6.45) is 1.05. The molecule has 2 heterocycles. The summed E-state index contributed by atoms with van der Waals surface area (Å²) in [5.74, 6) is 0.873. The fourth-order valence-corrected chi connectivity index (χ4v) is 3.85. The van der Waals surface area contributed by atoms with Gasteiger partial charge >= 0.3 is 0 Å². The van der Waals surface area contributed by atoms with Gasteiger partial charge in [-0.2, -0.15) is 5.10 Å². The maximum absolute atomic E-state index is 12.8. The zero-order valence-corrected chi connectivity index (χ0v) is 16.5. The van der Waals surface area contributed by atoms with Gasteiger partial charge in [-0.3, -0.25) is 9.69 Å². The lowest BCUT2D eigenvalue weighted by Crippen LogP contribution is -2.36. The van der Waals surface area contributed by atoms with E-state index < -0.39 is 0 Å². The first kappa shape index (κ1) is 18.5. The second-order valence-corrected chi connectivity index (χ2v) is 7.23. The number of methoxy groups -OCH3 is 1. The Morgan fingerprint density at radius 3 is 2.46 bits per heavy atom. The highest BCUT2D eigenvalue weighted by molar-refractivity contribution is 5.83. The van der Waals surface area contributed by atoms with Gasteiger partial charge in [-0.05, 0) is 43.7 Å². The number of hydrogen-bond acceptors (Lipinski definition) is 5. The third-order valence-electron chi connectivity index (χ3n) is 5.41. The summed E-state index contributed by atoms with van der Waals surface area (Å²) in [5.41, 5.74) is 2.09. The van der Waals surface area contributed by atoms with Crippen LogP contribution in [-0.4, -0.2) is 48.0 Å². The lowest BCUT2D eigenvalue weighted by atomic mass is 10.1. The van der Waals surface area contributed by atoms with Gasteiger partial charge < -0.3 is 9.64 Å². The molecule has 28 heavy (non-hydrogen) atoms. The number of benzene rings is 2. The number of hydrogen-bond donors (Lipinski definition) is 0. The standard InChI is InChI=1S/C22H26N4O2/c1-17-20-6-3-4-7-21(20)22(27)26(23-17)16-24-12-5-13-25(15-14-24)18-8-10-19(28-2)11-9-18/h3-4,6-11H,5,12-16H2,1-2H3. The Morgan fingerprint density at radius 2 is 1.71 bits per heavy atom. The van der Waals surface area contributed by atoms with Gasteiger partial charge in [-0.25, -0.2) is 4.68 Å². The molecule has 4 rings (SSSR count). The van der Waals surface area contributed by atoms with Crippen molar-refractivity contribution in [1.29, 1.82) is 0 Å². The Morgan fingerprint density at radius 1 is 0.964 bits per heavy atom. The van der Waals surface area contributed by atoms with Gasteiger partial charge in [0.05, 0.1) is 24.9 Å². The molecule has 0 saturated carbocycles. The second-order valence-electron chi connectivity index (χ2n) is 7.23. The number of rotatable bonds is 4. The maximum Gasteiger partial charge on any atom is 0.275 e. The molecule has 6 nitrogen and oxygen atoms in total. The van der Waals surface area contributed by atoms with Gasteiger partial charge in [-0.15, -0.1) is 0 Å². The van der Waals surface area contributed by atoms with Crippen LogP contribution in [-0.2, 0) is 6.67 Å². The predicted molar refractivity (Wildman–Crippen MR) is 112 cm³/mol. The molecule has 2 aromatic carbocycles. The fourth-order valence-electron chi connectivity index (χ4n) is 3.85. The number of nitrogens with zero attached hydrogens (tertiary/aromatic N) is 4. The van der Waals surface area contributed by atoms with E-state index in [0.717, 1.165) is 54.8 Å². The van der Waals surface area contributed by atoms with Crippen LogP contribution in [0.1, 0.15) is 12.1 Å². The van der Waals surface area contributed by atoms with E-state index in [1.807, 2.05) is 43.3 Å².